The van der Waals surface area contributed by atoms with Gasteiger partial charge in [0.1, 0.15) is 6.04 Å². The van der Waals surface area contributed by atoms with Crippen LogP contribution in [0.4, 0.5) is 4.79 Å². The highest BCUT2D eigenvalue weighted by Crippen LogP contribution is 2.25. The van der Waals surface area contributed by atoms with Crippen LogP contribution < -0.4 is 5.32 Å². The first-order chi connectivity index (χ1) is 9.40. The van der Waals surface area contributed by atoms with Crippen molar-refractivity contribution in [3.05, 3.63) is 0 Å². The number of carbonyl (C=O) groups is 2. The van der Waals surface area contributed by atoms with E-state index < -0.39 is 12.0 Å². The molecule has 0 aromatic rings. The average molecular weight is 284 g/mol. The molecule has 1 aliphatic rings. The van der Waals surface area contributed by atoms with E-state index in [0.29, 0.717) is 24.8 Å². The van der Waals surface area contributed by atoms with Gasteiger partial charge in [0.2, 0.25) is 0 Å². The van der Waals surface area contributed by atoms with Crippen molar-refractivity contribution in [2.24, 2.45) is 11.8 Å². The molecule has 5 nitrogen and oxygen atoms in total. The summed E-state index contributed by atoms with van der Waals surface area (Å²) in [7, 11) is 0. The van der Waals surface area contributed by atoms with Crippen LogP contribution in [-0.4, -0.2) is 40.6 Å². The number of nitrogens with zero attached hydrogens (tertiary/aromatic N) is 1. The van der Waals surface area contributed by atoms with E-state index in [1.165, 1.54) is 4.90 Å². The number of carboxylic acids is 1. The zero-order chi connectivity index (χ0) is 15.3. The van der Waals surface area contributed by atoms with E-state index in [2.05, 4.69) is 26.1 Å². The predicted molar refractivity (Wildman–Crippen MR) is 78.6 cm³/mol. The van der Waals surface area contributed by atoms with Gasteiger partial charge in [-0.25, -0.2) is 9.59 Å². The van der Waals surface area contributed by atoms with Gasteiger partial charge in [-0.1, -0.05) is 33.6 Å². The van der Waals surface area contributed by atoms with E-state index in [0.717, 1.165) is 19.3 Å². The smallest absolute Gasteiger partial charge is 0.326 e. The first-order valence-electron chi connectivity index (χ1n) is 7.70. The van der Waals surface area contributed by atoms with Gasteiger partial charge in [0, 0.05) is 12.6 Å². The van der Waals surface area contributed by atoms with E-state index in [1.807, 2.05) is 6.92 Å². The van der Waals surface area contributed by atoms with Crippen LogP contribution in [0.5, 0.6) is 0 Å². The Balaban J connectivity index is 2.67. The molecule has 1 rings (SSSR count). The minimum Gasteiger partial charge on any atom is -0.480 e. The van der Waals surface area contributed by atoms with Crippen molar-refractivity contribution in [3.8, 4) is 0 Å². The van der Waals surface area contributed by atoms with Crippen LogP contribution in [0.1, 0.15) is 53.4 Å². The van der Waals surface area contributed by atoms with Gasteiger partial charge in [0.25, 0.3) is 0 Å². The summed E-state index contributed by atoms with van der Waals surface area (Å²) >= 11 is 0. The van der Waals surface area contributed by atoms with Crippen molar-refractivity contribution in [1.29, 1.82) is 0 Å². The van der Waals surface area contributed by atoms with Crippen LogP contribution in [-0.2, 0) is 4.79 Å². The molecule has 1 fully saturated rings. The summed E-state index contributed by atoms with van der Waals surface area (Å²) in [4.78, 5) is 25.2. The summed E-state index contributed by atoms with van der Waals surface area (Å²) in [6, 6.07) is -0.858. The number of piperidine rings is 1. The lowest BCUT2D eigenvalue weighted by atomic mass is 9.89. The van der Waals surface area contributed by atoms with Crippen molar-refractivity contribution in [2.45, 2.75) is 65.5 Å². The number of rotatable bonds is 5. The summed E-state index contributed by atoms with van der Waals surface area (Å²) in [5, 5.41) is 12.3. The Kier molecular flexibility index (Phi) is 6.30. The van der Waals surface area contributed by atoms with Crippen molar-refractivity contribution in [1.82, 2.24) is 10.2 Å². The second kappa shape index (κ2) is 7.50. The van der Waals surface area contributed by atoms with E-state index in [1.54, 1.807) is 0 Å². The van der Waals surface area contributed by atoms with Crippen LogP contribution in [0, 0.1) is 11.8 Å². The summed E-state index contributed by atoms with van der Waals surface area (Å²) in [6.45, 7) is 8.75. The Morgan fingerprint density at radius 2 is 2.00 bits per heavy atom. The lowest BCUT2D eigenvalue weighted by Crippen LogP contribution is -2.55. The topological polar surface area (TPSA) is 69.6 Å². The average Bonchev–Trinajstić information content (AvgIpc) is 2.45. The lowest BCUT2D eigenvalue weighted by Gasteiger charge is -2.37. The molecule has 5 heteroatoms. The molecule has 0 aromatic carbocycles. The minimum absolute atomic E-state index is 0.0610. The number of hydrogen-bond donors (Lipinski definition) is 2. The predicted octanol–water partition coefficient (Wildman–Crippen LogP) is 2.71. The summed E-state index contributed by atoms with van der Waals surface area (Å²) < 4.78 is 0. The molecule has 0 bridgehead atoms. The third-order valence-electron chi connectivity index (χ3n) is 4.68. The summed E-state index contributed by atoms with van der Waals surface area (Å²) in [5.41, 5.74) is 0. The number of carbonyl (C=O) groups excluding carboxylic acids is 1. The quantitative estimate of drug-likeness (QED) is 0.815. The molecule has 1 heterocycles. The number of hydrogen-bond acceptors (Lipinski definition) is 2. The van der Waals surface area contributed by atoms with Crippen molar-refractivity contribution in [2.75, 3.05) is 6.54 Å². The molecule has 2 N–H and O–H groups in total. The fourth-order valence-corrected chi connectivity index (χ4v) is 2.66. The highest BCUT2D eigenvalue weighted by atomic mass is 16.4. The van der Waals surface area contributed by atoms with E-state index in [-0.39, 0.29) is 12.1 Å². The molecule has 0 radical (unpaired) electrons. The number of likely N-dealkylation sites (tertiary alicyclic amines) is 1. The van der Waals surface area contributed by atoms with Gasteiger partial charge in [-0.3, -0.25) is 0 Å². The lowest BCUT2D eigenvalue weighted by molar-refractivity contribution is -0.144. The fraction of sp³-hybridized carbons (Fsp3) is 0.867. The first-order valence-corrected chi connectivity index (χ1v) is 7.70. The normalized spacial score (nSPS) is 25.9. The molecule has 1 saturated heterocycles. The highest BCUT2D eigenvalue weighted by molar-refractivity contribution is 5.83. The molecule has 1 aliphatic heterocycles. The molecule has 0 spiro atoms. The van der Waals surface area contributed by atoms with Crippen molar-refractivity contribution < 1.29 is 14.7 Å². The highest BCUT2D eigenvalue weighted by Gasteiger charge is 2.36. The molecule has 0 aliphatic carbocycles. The molecule has 2 amide bonds. The number of urea groups is 1. The number of nitrogens with one attached hydrogen (secondary N) is 1. The minimum atomic E-state index is -0.894. The largest absolute Gasteiger partial charge is 0.480 e. The molecule has 0 saturated carbocycles. The molecular weight excluding hydrogens is 256 g/mol. The molecule has 4 unspecified atom stereocenters. The zero-order valence-electron chi connectivity index (χ0n) is 13.1. The second-order valence-corrected chi connectivity index (χ2v) is 5.97. The SMILES string of the molecule is CCC1CCN(C(=O)NC(C)C(C)CC)C(C(=O)O)C1. The van der Waals surface area contributed by atoms with Gasteiger partial charge in [0.15, 0.2) is 0 Å². The zero-order valence-corrected chi connectivity index (χ0v) is 13.1. The fourth-order valence-electron chi connectivity index (χ4n) is 2.66. The van der Waals surface area contributed by atoms with Crippen molar-refractivity contribution >= 4 is 12.0 Å². The number of aliphatic carboxylic acids is 1. The molecule has 0 aromatic heterocycles. The number of amides is 2. The van der Waals surface area contributed by atoms with Crippen LogP contribution in [0.3, 0.4) is 0 Å². The molecule has 4 atom stereocenters. The van der Waals surface area contributed by atoms with E-state index in [4.69, 9.17) is 0 Å². The van der Waals surface area contributed by atoms with Crippen LogP contribution in [0.15, 0.2) is 0 Å². The Hall–Kier alpha value is -1.26. The summed E-state index contributed by atoms with van der Waals surface area (Å²) in [6.07, 6.45) is 3.42. The third kappa shape index (κ3) is 4.12. The molecule has 20 heavy (non-hydrogen) atoms. The monoisotopic (exact) mass is 284 g/mol. The summed E-state index contributed by atoms with van der Waals surface area (Å²) in [5.74, 6) is -0.1000. The maximum absolute atomic E-state index is 12.3. The third-order valence-corrected chi connectivity index (χ3v) is 4.68. The maximum Gasteiger partial charge on any atom is 0.326 e. The second-order valence-electron chi connectivity index (χ2n) is 5.97. The van der Waals surface area contributed by atoms with Crippen molar-refractivity contribution in [3.63, 3.8) is 0 Å². The Morgan fingerprint density at radius 3 is 2.50 bits per heavy atom. The van der Waals surface area contributed by atoms with Gasteiger partial charge in [-0.05, 0) is 31.6 Å². The standard InChI is InChI=1S/C15H28N2O3/c1-5-10(3)11(4)16-15(20)17-8-7-12(6-2)9-13(17)14(18)19/h10-13H,5-9H2,1-4H3,(H,16,20)(H,18,19). The first kappa shape index (κ1) is 16.8. The van der Waals surface area contributed by atoms with E-state index in [9.17, 15) is 14.7 Å². The van der Waals surface area contributed by atoms with Gasteiger partial charge in [-0.15, -0.1) is 0 Å². The van der Waals surface area contributed by atoms with Gasteiger partial charge in [-0.2, -0.15) is 0 Å². The number of carboxylic acid groups (broad SMARTS) is 1. The molecule has 116 valence electrons. The van der Waals surface area contributed by atoms with Gasteiger partial charge in [0.05, 0.1) is 0 Å². The Morgan fingerprint density at radius 1 is 1.35 bits per heavy atom. The van der Waals surface area contributed by atoms with Crippen LogP contribution >= 0.6 is 0 Å². The van der Waals surface area contributed by atoms with Crippen LogP contribution in [0.2, 0.25) is 0 Å². The molecular formula is C15H28N2O3. The maximum atomic E-state index is 12.3. The Bertz CT molecular complexity index is 346. The van der Waals surface area contributed by atoms with Gasteiger partial charge < -0.3 is 15.3 Å². The Labute approximate surface area is 121 Å². The van der Waals surface area contributed by atoms with E-state index >= 15 is 0 Å². The van der Waals surface area contributed by atoms with Crippen LogP contribution in [0.25, 0.3) is 0 Å². The van der Waals surface area contributed by atoms with Gasteiger partial charge >= 0.3 is 12.0 Å².